The molecular formula is C9H12ClN3S. The fraction of sp³-hybridized carbons (Fsp3) is 0.222. The van der Waals surface area contributed by atoms with Gasteiger partial charge in [-0.2, -0.15) is 0 Å². The van der Waals surface area contributed by atoms with E-state index in [1.54, 1.807) is 0 Å². The van der Waals surface area contributed by atoms with Crippen molar-refractivity contribution in [1.82, 2.24) is 0 Å². The van der Waals surface area contributed by atoms with E-state index in [4.69, 9.17) is 23.1 Å². The number of hydrogen-bond acceptors (Lipinski definition) is 3. The van der Waals surface area contributed by atoms with Crippen LogP contribution in [-0.4, -0.2) is 11.4 Å². The topological polar surface area (TPSA) is 64.4 Å². The van der Waals surface area contributed by atoms with Gasteiger partial charge < -0.3 is 11.5 Å². The van der Waals surface area contributed by atoms with Gasteiger partial charge in [0.15, 0.2) is 5.17 Å². The monoisotopic (exact) mass is 229 g/mol. The van der Waals surface area contributed by atoms with E-state index in [9.17, 15) is 0 Å². The number of aliphatic imine (C=N–C) groups is 1. The molecule has 0 aromatic heterocycles. The van der Waals surface area contributed by atoms with Gasteiger partial charge in [-0.25, -0.2) is 4.99 Å². The molecular weight excluding hydrogens is 218 g/mol. The van der Waals surface area contributed by atoms with E-state index >= 15 is 0 Å². The second kappa shape index (κ2) is 5.24. The van der Waals surface area contributed by atoms with Crippen molar-refractivity contribution in [2.24, 2.45) is 16.5 Å². The molecule has 1 aromatic rings. The number of benzene rings is 1. The number of amidine groups is 1. The first-order valence-electron chi connectivity index (χ1n) is 4.04. The molecule has 0 unspecified atom stereocenters. The predicted octanol–water partition coefficient (Wildman–Crippen LogP) is 2.11. The SMILES string of the molecule is CSC(N)=Nc1cccc(CN)c1Cl. The number of nitrogens with two attached hydrogens (primary N) is 2. The van der Waals surface area contributed by atoms with Crippen LogP contribution >= 0.6 is 23.4 Å². The Balaban J connectivity index is 3.10. The van der Waals surface area contributed by atoms with Gasteiger partial charge in [-0.05, 0) is 17.9 Å². The lowest BCUT2D eigenvalue weighted by molar-refractivity contribution is 1.07. The second-order valence-electron chi connectivity index (χ2n) is 2.61. The maximum atomic E-state index is 6.06. The average molecular weight is 230 g/mol. The summed E-state index contributed by atoms with van der Waals surface area (Å²) in [6.45, 7) is 0.404. The van der Waals surface area contributed by atoms with Gasteiger partial charge in [0.05, 0.1) is 10.7 Å². The van der Waals surface area contributed by atoms with Crippen molar-refractivity contribution >= 4 is 34.2 Å². The zero-order chi connectivity index (χ0) is 10.6. The van der Waals surface area contributed by atoms with Crippen LogP contribution in [0, 0.1) is 0 Å². The van der Waals surface area contributed by atoms with Gasteiger partial charge in [0, 0.05) is 6.54 Å². The number of nitrogens with zero attached hydrogens (tertiary/aromatic N) is 1. The molecule has 0 saturated carbocycles. The molecule has 0 heterocycles. The Morgan fingerprint density at radius 1 is 1.57 bits per heavy atom. The third-order valence-corrected chi connectivity index (χ3v) is 2.66. The van der Waals surface area contributed by atoms with Crippen LogP contribution in [-0.2, 0) is 6.54 Å². The third-order valence-electron chi connectivity index (χ3n) is 1.72. The van der Waals surface area contributed by atoms with Crippen LogP contribution in [0.2, 0.25) is 5.02 Å². The van der Waals surface area contributed by atoms with Crippen LogP contribution in [0.1, 0.15) is 5.56 Å². The van der Waals surface area contributed by atoms with E-state index in [1.165, 1.54) is 11.8 Å². The molecule has 0 radical (unpaired) electrons. The van der Waals surface area contributed by atoms with Crippen molar-refractivity contribution in [2.45, 2.75) is 6.54 Å². The van der Waals surface area contributed by atoms with Crippen molar-refractivity contribution in [3.05, 3.63) is 28.8 Å². The first-order chi connectivity index (χ1) is 6.69. The normalized spacial score (nSPS) is 11.8. The van der Waals surface area contributed by atoms with Crippen LogP contribution in [0.4, 0.5) is 5.69 Å². The molecule has 3 nitrogen and oxygen atoms in total. The third kappa shape index (κ3) is 2.64. The first-order valence-corrected chi connectivity index (χ1v) is 5.65. The summed E-state index contributed by atoms with van der Waals surface area (Å²) in [6, 6.07) is 5.54. The number of rotatable bonds is 2. The predicted molar refractivity (Wildman–Crippen MR) is 64.1 cm³/mol. The molecule has 0 atom stereocenters. The van der Waals surface area contributed by atoms with Gasteiger partial charge in [0.25, 0.3) is 0 Å². The summed E-state index contributed by atoms with van der Waals surface area (Å²) >= 11 is 7.44. The minimum absolute atomic E-state index is 0.404. The van der Waals surface area contributed by atoms with Gasteiger partial charge in [-0.15, -0.1) is 0 Å². The molecule has 5 heteroatoms. The Hall–Kier alpha value is -0.710. The van der Waals surface area contributed by atoms with E-state index in [1.807, 2.05) is 24.5 Å². The second-order valence-corrected chi connectivity index (χ2v) is 3.81. The highest BCUT2D eigenvalue weighted by molar-refractivity contribution is 8.13. The van der Waals surface area contributed by atoms with Crippen molar-refractivity contribution in [3.8, 4) is 0 Å². The lowest BCUT2D eigenvalue weighted by atomic mass is 10.2. The summed E-state index contributed by atoms with van der Waals surface area (Å²) in [4.78, 5) is 4.16. The van der Waals surface area contributed by atoms with Crippen LogP contribution in [0.5, 0.6) is 0 Å². The van der Waals surface area contributed by atoms with Crippen molar-refractivity contribution in [3.63, 3.8) is 0 Å². The average Bonchev–Trinajstić information content (AvgIpc) is 2.21. The Kier molecular flexibility index (Phi) is 4.25. The lowest BCUT2D eigenvalue weighted by Crippen LogP contribution is -2.04. The summed E-state index contributed by atoms with van der Waals surface area (Å²) < 4.78 is 0. The Morgan fingerprint density at radius 3 is 2.86 bits per heavy atom. The van der Waals surface area contributed by atoms with Crippen molar-refractivity contribution in [1.29, 1.82) is 0 Å². The molecule has 0 fully saturated rings. The molecule has 4 N–H and O–H groups in total. The van der Waals surface area contributed by atoms with Gasteiger partial charge in [-0.1, -0.05) is 35.5 Å². The van der Waals surface area contributed by atoms with Crippen LogP contribution in [0.15, 0.2) is 23.2 Å². The maximum Gasteiger partial charge on any atom is 0.158 e. The maximum absolute atomic E-state index is 6.06. The largest absolute Gasteiger partial charge is 0.378 e. The fourth-order valence-electron chi connectivity index (χ4n) is 0.975. The summed E-state index contributed by atoms with van der Waals surface area (Å²) in [6.07, 6.45) is 1.86. The van der Waals surface area contributed by atoms with Crippen LogP contribution < -0.4 is 11.5 Å². The Labute approximate surface area is 92.5 Å². The number of thioether (sulfide) groups is 1. The van der Waals surface area contributed by atoms with E-state index < -0.39 is 0 Å². The summed E-state index contributed by atoms with van der Waals surface area (Å²) in [5.41, 5.74) is 12.6. The van der Waals surface area contributed by atoms with E-state index in [0.717, 1.165) is 5.56 Å². The molecule has 0 aliphatic rings. The van der Waals surface area contributed by atoms with Crippen molar-refractivity contribution in [2.75, 3.05) is 6.26 Å². The van der Waals surface area contributed by atoms with Crippen molar-refractivity contribution < 1.29 is 0 Å². The lowest BCUT2D eigenvalue weighted by Gasteiger charge is -2.04. The molecule has 0 spiro atoms. The standard InChI is InChI=1S/C9H12ClN3S/c1-14-9(12)13-7-4-2-3-6(5-11)8(7)10/h2-4H,5,11H2,1H3,(H2,12,13). The fourth-order valence-corrected chi connectivity index (χ4v) is 1.41. The summed E-state index contributed by atoms with van der Waals surface area (Å²) in [5.74, 6) is 0. The van der Waals surface area contributed by atoms with E-state index in [-0.39, 0.29) is 0 Å². The smallest absolute Gasteiger partial charge is 0.158 e. The number of halogens is 1. The van der Waals surface area contributed by atoms with Gasteiger partial charge in [0.2, 0.25) is 0 Å². The molecule has 0 bridgehead atoms. The van der Waals surface area contributed by atoms with Crippen LogP contribution in [0.3, 0.4) is 0 Å². The highest BCUT2D eigenvalue weighted by Gasteiger charge is 2.03. The van der Waals surface area contributed by atoms with E-state index in [2.05, 4.69) is 4.99 Å². The zero-order valence-electron chi connectivity index (χ0n) is 7.83. The molecule has 1 aromatic carbocycles. The molecule has 0 saturated heterocycles. The van der Waals surface area contributed by atoms with Gasteiger partial charge in [-0.3, -0.25) is 0 Å². The zero-order valence-corrected chi connectivity index (χ0v) is 9.40. The molecule has 0 aliphatic carbocycles. The van der Waals surface area contributed by atoms with Gasteiger partial charge >= 0.3 is 0 Å². The molecule has 0 amide bonds. The van der Waals surface area contributed by atoms with Gasteiger partial charge in [0.1, 0.15) is 0 Å². The first kappa shape index (κ1) is 11.4. The molecule has 14 heavy (non-hydrogen) atoms. The minimum atomic E-state index is 0.404. The summed E-state index contributed by atoms with van der Waals surface area (Å²) in [5, 5.41) is 1.06. The summed E-state index contributed by atoms with van der Waals surface area (Å²) in [7, 11) is 0. The highest BCUT2D eigenvalue weighted by Crippen LogP contribution is 2.28. The van der Waals surface area contributed by atoms with E-state index in [0.29, 0.717) is 22.4 Å². The molecule has 76 valence electrons. The minimum Gasteiger partial charge on any atom is -0.378 e. The highest BCUT2D eigenvalue weighted by atomic mass is 35.5. The quantitative estimate of drug-likeness (QED) is 0.603. The number of hydrogen-bond donors (Lipinski definition) is 2. The molecule has 0 aliphatic heterocycles. The Morgan fingerprint density at radius 2 is 2.29 bits per heavy atom. The molecule has 1 rings (SSSR count). The Bertz CT molecular complexity index is 352. The van der Waals surface area contributed by atoms with Crippen LogP contribution in [0.25, 0.3) is 0 Å².